The van der Waals surface area contributed by atoms with Gasteiger partial charge in [-0.25, -0.2) is 0 Å². The third-order valence-electron chi connectivity index (χ3n) is 2.01. The Hall–Kier alpha value is -0.460. The quantitative estimate of drug-likeness (QED) is 0.459. The van der Waals surface area contributed by atoms with E-state index in [0.717, 1.165) is 0 Å². The molecule has 1 heteroatoms. The molecule has 1 aliphatic rings. The van der Waals surface area contributed by atoms with Gasteiger partial charge in [0.05, 0.1) is 0 Å². The summed E-state index contributed by atoms with van der Waals surface area (Å²) >= 11 is 0. The van der Waals surface area contributed by atoms with Crippen LogP contribution >= 0.6 is 0 Å². The Balaban J connectivity index is 2.71. The number of nitrogens with zero attached hydrogens (tertiary/aromatic N) is 1. The van der Waals surface area contributed by atoms with Crippen molar-refractivity contribution in [1.82, 2.24) is 4.90 Å². The minimum absolute atomic E-state index is 1.22. The fourth-order valence-electron chi connectivity index (χ4n) is 1.01. The van der Waals surface area contributed by atoms with E-state index in [1.165, 1.54) is 18.7 Å². The van der Waals surface area contributed by atoms with Crippen LogP contribution in [0.25, 0.3) is 0 Å². The van der Waals surface area contributed by atoms with Gasteiger partial charge in [0.25, 0.3) is 0 Å². The average molecular weight is 111 g/mol. The molecule has 0 saturated carbocycles. The van der Waals surface area contributed by atoms with E-state index >= 15 is 0 Å². The Kier molecular flexibility index (Phi) is 1.28. The highest BCUT2D eigenvalue weighted by atomic mass is 15.1. The van der Waals surface area contributed by atoms with Crippen LogP contribution in [-0.2, 0) is 0 Å². The zero-order chi connectivity index (χ0) is 6.15. The van der Waals surface area contributed by atoms with Crippen molar-refractivity contribution in [2.45, 2.75) is 20.3 Å². The highest BCUT2D eigenvalue weighted by Gasteiger charge is 2.09. The van der Waals surface area contributed by atoms with E-state index in [0.29, 0.717) is 0 Å². The molecule has 0 spiro atoms. The molecule has 1 nitrogen and oxygen atoms in total. The molecule has 0 N–H and O–H groups in total. The lowest BCUT2D eigenvalue weighted by Crippen LogP contribution is -2.10. The molecule has 0 fully saturated rings. The van der Waals surface area contributed by atoms with Crippen molar-refractivity contribution in [2.24, 2.45) is 0 Å². The fourth-order valence-corrected chi connectivity index (χ4v) is 1.01. The maximum Gasteiger partial charge on any atom is 0.0209 e. The Morgan fingerprint density at radius 2 is 2.00 bits per heavy atom. The summed E-state index contributed by atoms with van der Waals surface area (Å²) in [5, 5.41) is 0. The minimum Gasteiger partial charge on any atom is -0.378 e. The van der Waals surface area contributed by atoms with Gasteiger partial charge >= 0.3 is 0 Å². The maximum atomic E-state index is 2.30. The zero-order valence-corrected chi connectivity index (χ0v) is 5.86. The fraction of sp³-hybridized carbons (Fsp3) is 0.714. The molecular weight excluding hydrogens is 98.1 g/mol. The minimum atomic E-state index is 1.22. The van der Waals surface area contributed by atoms with Gasteiger partial charge in [-0.3, -0.25) is 0 Å². The van der Waals surface area contributed by atoms with Crippen LogP contribution in [0.1, 0.15) is 20.3 Å². The summed E-state index contributed by atoms with van der Waals surface area (Å²) in [5.74, 6) is 0. The lowest BCUT2D eigenvalue weighted by molar-refractivity contribution is 0.460. The average Bonchev–Trinajstić information content (AvgIpc) is 1.98. The first-order chi connectivity index (χ1) is 3.72. The number of hydrogen-bond donors (Lipinski definition) is 0. The van der Waals surface area contributed by atoms with Crippen LogP contribution in [-0.4, -0.2) is 18.5 Å². The van der Waals surface area contributed by atoms with E-state index in [9.17, 15) is 0 Å². The molecule has 0 saturated heterocycles. The predicted molar refractivity (Wildman–Crippen MR) is 35.6 cm³/mol. The van der Waals surface area contributed by atoms with E-state index in [1.807, 2.05) is 0 Å². The lowest BCUT2D eigenvalue weighted by atomic mass is 10.2. The molecule has 46 valence electrons. The van der Waals surface area contributed by atoms with E-state index in [1.54, 1.807) is 5.57 Å². The molecule has 0 aromatic rings. The Bertz CT molecular complexity index is 124. The summed E-state index contributed by atoms with van der Waals surface area (Å²) in [4.78, 5) is 2.30. The van der Waals surface area contributed by atoms with Crippen LogP contribution in [0.3, 0.4) is 0 Å². The van der Waals surface area contributed by atoms with Crippen LogP contribution in [0.4, 0.5) is 0 Å². The highest BCUT2D eigenvalue weighted by Crippen LogP contribution is 2.18. The van der Waals surface area contributed by atoms with E-state index in [4.69, 9.17) is 0 Å². The smallest absolute Gasteiger partial charge is 0.0209 e. The molecule has 0 aromatic carbocycles. The number of hydrogen-bond acceptors (Lipinski definition) is 1. The van der Waals surface area contributed by atoms with Gasteiger partial charge in [0.1, 0.15) is 0 Å². The van der Waals surface area contributed by atoms with Gasteiger partial charge in [0.15, 0.2) is 0 Å². The molecule has 1 heterocycles. The van der Waals surface area contributed by atoms with Crippen molar-refractivity contribution in [1.29, 1.82) is 0 Å². The Labute approximate surface area is 51.0 Å². The molecule has 0 unspecified atom stereocenters. The molecule has 0 atom stereocenters. The summed E-state index contributed by atoms with van der Waals surface area (Å²) in [6.45, 7) is 5.61. The SMILES string of the molecule is CC1=C(C)N(C)CC1. The van der Waals surface area contributed by atoms with Crippen LogP contribution in [0.15, 0.2) is 11.3 Å². The van der Waals surface area contributed by atoms with E-state index < -0.39 is 0 Å². The summed E-state index contributed by atoms with van der Waals surface area (Å²) in [7, 11) is 2.14. The number of rotatable bonds is 0. The Morgan fingerprint density at radius 3 is 2.12 bits per heavy atom. The first-order valence-electron chi connectivity index (χ1n) is 3.09. The molecule has 0 radical (unpaired) electrons. The van der Waals surface area contributed by atoms with Gasteiger partial charge in [0, 0.05) is 19.3 Å². The maximum absolute atomic E-state index is 2.30. The molecule has 8 heavy (non-hydrogen) atoms. The lowest BCUT2D eigenvalue weighted by Gasteiger charge is -2.10. The van der Waals surface area contributed by atoms with Crippen LogP contribution in [0.5, 0.6) is 0 Å². The number of allylic oxidation sites excluding steroid dienone is 1. The summed E-state index contributed by atoms with van der Waals surface area (Å²) in [6, 6.07) is 0. The second-order valence-corrected chi connectivity index (χ2v) is 2.54. The topological polar surface area (TPSA) is 3.24 Å². The molecule has 1 aliphatic heterocycles. The second-order valence-electron chi connectivity index (χ2n) is 2.54. The van der Waals surface area contributed by atoms with Gasteiger partial charge in [-0.1, -0.05) is 5.57 Å². The first kappa shape index (κ1) is 5.67. The monoisotopic (exact) mass is 111 g/mol. The molecule has 0 amide bonds. The van der Waals surface area contributed by atoms with Crippen molar-refractivity contribution in [3.05, 3.63) is 11.3 Å². The van der Waals surface area contributed by atoms with Gasteiger partial charge in [0.2, 0.25) is 0 Å². The van der Waals surface area contributed by atoms with Gasteiger partial charge in [-0.05, 0) is 20.3 Å². The van der Waals surface area contributed by atoms with Gasteiger partial charge in [-0.15, -0.1) is 0 Å². The van der Waals surface area contributed by atoms with Crippen molar-refractivity contribution < 1.29 is 0 Å². The van der Waals surface area contributed by atoms with Crippen LogP contribution in [0.2, 0.25) is 0 Å². The zero-order valence-electron chi connectivity index (χ0n) is 5.86. The largest absolute Gasteiger partial charge is 0.378 e. The van der Waals surface area contributed by atoms with Crippen molar-refractivity contribution in [2.75, 3.05) is 13.6 Å². The predicted octanol–water partition coefficient (Wildman–Crippen LogP) is 1.62. The van der Waals surface area contributed by atoms with Crippen molar-refractivity contribution >= 4 is 0 Å². The van der Waals surface area contributed by atoms with Crippen molar-refractivity contribution in [3.63, 3.8) is 0 Å². The summed E-state index contributed by atoms with van der Waals surface area (Å²) < 4.78 is 0. The van der Waals surface area contributed by atoms with Crippen LogP contribution < -0.4 is 0 Å². The summed E-state index contributed by atoms with van der Waals surface area (Å²) in [5.41, 5.74) is 3.01. The van der Waals surface area contributed by atoms with E-state index in [-0.39, 0.29) is 0 Å². The highest BCUT2D eigenvalue weighted by molar-refractivity contribution is 5.13. The third-order valence-corrected chi connectivity index (χ3v) is 2.01. The molecular formula is C7H13N. The van der Waals surface area contributed by atoms with E-state index in [2.05, 4.69) is 25.8 Å². The first-order valence-corrected chi connectivity index (χ1v) is 3.09. The third kappa shape index (κ3) is 0.726. The van der Waals surface area contributed by atoms with Gasteiger partial charge < -0.3 is 4.90 Å². The molecule has 0 bridgehead atoms. The normalized spacial score (nSPS) is 20.6. The molecule has 1 rings (SSSR count). The van der Waals surface area contributed by atoms with Crippen LogP contribution in [0, 0.1) is 0 Å². The Morgan fingerprint density at radius 1 is 1.38 bits per heavy atom. The summed E-state index contributed by atoms with van der Waals surface area (Å²) in [6.07, 6.45) is 1.27. The van der Waals surface area contributed by atoms with Gasteiger partial charge in [-0.2, -0.15) is 0 Å². The second kappa shape index (κ2) is 1.81. The molecule has 0 aliphatic carbocycles. The van der Waals surface area contributed by atoms with Crippen molar-refractivity contribution in [3.8, 4) is 0 Å². The standard InChI is InChI=1S/C7H13N/c1-6-4-5-8(3)7(6)2/h4-5H2,1-3H3. The molecule has 0 aromatic heterocycles.